The van der Waals surface area contributed by atoms with E-state index in [0.717, 1.165) is 27.9 Å². The van der Waals surface area contributed by atoms with Crippen LogP contribution in [0, 0.1) is 0 Å². The minimum Gasteiger partial charge on any atom is -0.496 e. The first kappa shape index (κ1) is 15.5. The molecule has 0 aliphatic heterocycles. The van der Waals surface area contributed by atoms with E-state index in [-0.39, 0.29) is 0 Å². The van der Waals surface area contributed by atoms with Gasteiger partial charge in [0, 0.05) is 18.7 Å². The number of ether oxygens (including phenoxy) is 1. The molecule has 2 aromatic rings. The largest absolute Gasteiger partial charge is 0.496 e. The van der Waals surface area contributed by atoms with Gasteiger partial charge in [0.1, 0.15) is 5.75 Å². The van der Waals surface area contributed by atoms with Crippen LogP contribution in [-0.4, -0.2) is 13.0 Å². The lowest BCUT2D eigenvalue weighted by atomic mass is 10.1. The third-order valence-electron chi connectivity index (χ3n) is 3.09. The first-order chi connectivity index (χ1) is 10.1. The standard InChI is InChI=1S/C16H17BrN2O2/c1-21-15-6-5-12(8-14(15)17)10-19-9-11-3-2-4-13(7-11)16(18)20/h2-8,19H,9-10H2,1H3,(H2,18,20). The molecule has 0 atom stereocenters. The first-order valence-electron chi connectivity index (χ1n) is 6.52. The van der Waals surface area contributed by atoms with Crippen LogP contribution in [0.4, 0.5) is 0 Å². The summed E-state index contributed by atoms with van der Waals surface area (Å²) in [6.07, 6.45) is 0. The molecule has 0 aromatic heterocycles. The second kappa shape index (κ2) is 7.24. The van der Waals surface area contributed by atoms with Crippen LogP contribution in [0.25, 0.3) is 0 Å². The number of nitrogens with two attached hydrogens (primary N) is 1. The molecule has 0 heterocycles. The van der Waals surface area contributed by atoms with Crippen LogP contribution in [-0.2, 0) is 13.1 Å². The highest BCUT2D eigenvalue weighted by Crippen LogP contribution is 2.25. The van der Waals surface area contributed by atoms with Crippen molar-refractivity contribution in [3.8, 4) is 5.75 Å². The Hall–Kier alpha value is -1.85. The molecule has 0 aliphatic carbocycles. The van der Waals surface area contributed by atoms with Gasteiger partial charge in [0.25, 0.3) is 0 Å². The van der Waals surface area contributed by atoms with Crippen molar-refractivity contribution >= 4 is 21.8 Å². The quantitative estimate of drug-likeness (QED) is 0.843. The van der Waals surface area contributed by atoms with E-state index in [1.165, 1.54) is 0 Å². The lowest BCUT2D eigenvalue weighted by Gasteiger charge is -2.08. The van der Waals surface area contributed by atoms with E-state index >= 15 is 0 Å². The summed E-state index contributed by atoms with van der Waals surface area (Å²) >= 11 is 3.47. The molecule has 2 rings (SSSR count). The van der Waals surface area contributed by atoms with E-state index < -0.39 is 5.91 Å². The van der Waals surface area contributed by atoms with Gasteiger partial charge in [-0.1, -0.05) is 18.2 Å². The number of primary amides is 1. The molecule has 0 saturated carbocycles. The summed E-state index contributed by atoms with van der Waals surface area (Å²) in [6, 6.07) is 13.3. The molecule has 0 bridgehead atoms. The monoisotopic (exact) mass is 348 g/mol. The Kier molecular flexibility index (Phi) is 5.36. The summed E-state index contributed by atoms with van der Waals surface area (Å²) < 4.78 is 6.13. The van der Waals surface area contributed by atoms with E-state index in [4.69, 9.17) is 10.5 Å². The molecule has 0 aliphatic rings. The van der Waals surface area contributed by atoms with Gasteiger partial charge in [-0.2, -0.15) is 0 Å². The topological polar surface area (TPSA) is 64.3 Å². The van der Waals surface area contributed by atoms with E-state index in [9.17, 15) is 4.79 Å². The fraction of sp³-hybridized carbons (Fsp3) is 0.188. The van der Waals surface area contributed by atoms with E-state index in [0.29, 0.717) is 12.1 Å². The van der Waals surface area contributed by atoms with Crippen LogP contribution < -0.4 is 15.8 Å². The Morgan fingerprint density at radius 2 is 1.90 bits per heavy atom. The van der Waals surface area contributed by atoms with Crippen molar-refractivity contribution in [3.05, 3.63) is 63.6 Å². The van der Waals surface area contributed by atoms with Crippen molar-refractivity contribution in [2.75, 3.05) is 7.11 Å². The van der Waals surface area contributed by atoms with Gasteiger partial charge in [-0.25, -0.2) is 0 Å². The molecular weight excluding hydrogens is 332 g/mol. The Balaban J connectivity index is 1.93. The summed E-state index contributed by atoms with van der Waals surface area (Å²) in [7, 11) is 1.64. The van der Waals surface area contributed by atoms with Gasteiger partial charge in [-0.05, 0) is 51.3 Å². The van der Waals surface area contributed by atoms with Gasteiger partial charge < -0.3 is 15.8 Å². The maximum Gasteiger partial charge on any atom is 0.248 e. The third kappa shape index (κ3) is 4.31. The van der Waals surface area contributed by atoms with Crippen LogP contribution in [0.15, 0.2) is 46.9 Å². The van der Waals surface area contributed by atoms with Crippen molar-refractivity contribution in [3.63, 3.8) is 0 Å². The van der Waals surface area contributed by atoms with Crippen molar-refractivity contribution < 1.29 is 9.53 Å². The van der Waals surface area contributed by atoms with Crippen LogP contribution in [0.3, 0.4) is 0 Å². The number of halogens is 1. The number of methoxy groups -OCH3 is 1. The van der Waals surface area contributed by atoms with Gasteiger partial charge in [-0.3, -0.25) is 4.79 Å². The van der Waals surface area contributed by atoms with E-state index in [2.05, 4.69) is 21.2 Å². The van der Waals surface area contributed by atoms with Crippen LogP contribution in [0.5, 0.6) is 5.75 Å². The molecule has 1 amide bonds. The first-order valence-corrected chi connectivity index (χ1v) is 7.31. The zero-order chi connectivity index (χ0) is 15.2. The van der Waals surface area contributed by atoms with Crippen LogP contribution in [0.1, 0.15) is 21.5 Å². The van der Waals surface area contributed by atoms with Crippen LogP contribution in [0.2, 0.25) is 0 Å². The molecule has 4 nitrogen and oxygen atoms in total. The number of amides is 1. The number of rotatable bonds is 6. The third-order valence-corrected chi connectivity index (χ3v) is 3.71. The molecule has 0 unspecified atom stereocenters. The molecule has 5 heteroatoms. The molecule has 0 radical (unpaired) electrons. The number of hydrogen-bond acceptors (Lipinski definition) is 3. The highest BCUT2D eigenvalue weighted by Gasteiger charge is 2.03. The van der Waals surface area contributed by atoms with E-state index in [1.807, 2.05) is 30.3 Å². The molecule has 21 heavy (non-hydrogen) atoms. The minimum atomic E-state index is -0.407. The molecule has 0 fully saturated rings. The maximum atomic E-state index is 11.1. The van der Waals surface area contributed by atoms with Gasteiger partial charge in [-0.15, -0.1) is 0 Å². The molecule has 2 aromatic carbocycles. The molecule has 0 saturated heterocycles. The predicted octanol–water partition coefficient (Wildman–Crippen LogP) is 2.85. The lowest BCUT2D eigenvalue weighted by molar-refractivity contribution is 0.1000. The number of carbonyl (C=O) groups excluding carboxylic acids is 1. The second-order valence-electron chi connectivity index (χ2n) is 4.64. The predicted molar refractivity (Wildman–Crippen MR) is 86.2 cm³/mol. The fourth-order valence-electron chi connectivity index (χ4n) is 2.01. The van der Waals surface area contributed by atoms with Crippen molar-refractivity contribution in [2.45, 2.75) is 13.1 Å². The molecule has 0 spiro atoms. The zero-order valence-corrected chi connectivity index (χ0v) is 13.3. The Labute approximate surface area is 132 Å². The fourth-order valence-corrected chi connectivity index (χ4v) is 2.59. The minimum absolute atomic E-state index is 0.407. The average molecular weight is 349 g/mol. The van der Waals surface area contributed by atoms with Crippen molar-refractivity contribution in [1.29, 1.82) is 0 Å². The molecule has 3 N–H and O–H groups in total. The van der Waals surface area contributed by atoms with Crippen LogP contribution >= 0.6 is 15.9 Å². The van der Waals surface area contributed by atoms with Gasteiger partial charge in [0.2, 0.25) is 5.91 Å². The van der Waals surface area contributed by atoms with Gasteiger partial charge in [0.05, 0.1) is 11.6 Å². The zero-order valence-electron chi connectivity index (χ0n) is 11.7. The van der Waals surface area contributed by atoms with Gasteiger partial charge in [0.15, 0.2) is 0 Å². The van der Waals surface area contributed by atoms with E-state index in [1.54, 1.807) is 19.2 Å². The van der Waals surface area contributed by atoms with Crippen molar-refractivity contribution in [1.82, 2.24) is 5.32 Å². The summed E-state index contributed by atoms with van der Waals surface area (Å²) in [5, 5.41) is 3.34. The average Bonchev–Trinajstić information content (AvgIpc) is 2.48. The molecule has 110 valence electrons. The lowest BCUT2D eigenvalue weighted by Crippen LogP contribution is -2.15. The van der Waals surface area contributed by atoms with Gasteiger partial charge >= 0.3 is 0 Å². The summed E-state index contributed by atoms with van der Waals surface area (Å²) in [4.78, 5) is 11.1. The number of hydrogen-bond donors (Lipinski definition) is 2. The SMILES string of the molecule is COc1ccc(CNCc2cccc(C(N)=O)c2)cc1Br. The smallest absolute Gasteiger partial charge is 0.248 e. The number of carbonyl (C=O) groups is 1. The van der Waals surface area contributed by atoms with Crippen molar-refractivity contribution in [2.24, 2.45) is 5.73 Å². The Morgan fingerprint density at radius 3 is 2.52 bits per heavy atom. The summed E-state index contributed by atoms with van der Waals surface area (Å²) in [5.41, 5.74) is 7.97. The Bertz CT molecular complexity index is 644. The number of nitrogens with one attached hydrogen (secondary N) is 1. The maximum absolute atomic E-state index is 11.1. The number of benzene rings is 2. The highest BCUT2D eigenvalue weighted by atomic mass is 79.9. The summed E-state index contributed by atoms with van der Waals surface area (Å²) in [5.74, 6) is 0.406. The highest BCUT2D eigenvalue weighted by molar-refractivity contribution is 9.10. The Morgan fingerprint density at radius 1 is 1.19 bits per heavy atom. The summed E-state index contributed by atoms with van der Waals surface area (Å²) in [6.45, 7) is 1.40. The molecular formula is C16H17BrN2O2. The second-order valence-corrected chi connectivity index (χ2v) is 5.49. The normalized spacial score (nSPS) is 10.4.